The Morgan fingerprint density at radius 2 is 1.84 bits per heavy atom. The highest BCUT2D eigenvalue weighted by Gasteiger charge is 2.16. The van der Waals surface area contributed by atoms with E-state index in [2.05, 4.69) is 50.4 Å². The van der Waals surface area contributed by atoms with Gasteiger partial charge >= 0.3 is 0 Å². The van der Waals surface area contributed by atoms with Crippen LogP contribution in [0.4, 0.5) is 0 Å². The molecule has 19 heavy (non-hydrogen) atoms. The second-order valence-electron chi connectivity index (χ2n) is 5.40. The molecular formula is C17H29NO. The SMILES string of the molecule is CCCNCC(Cc1ccc(OC)cc1)C(C)CC. The van der Waals surface area contributed by atoms with Crippen molar-refractivity contribution in [2.75, 3.05) is 20.2 Å². The van der Waals surface area contributed by atoms with Crippen molar-refractivity contribution >= 4 is 0 Å². The predicted molar refractivity (Wildman–Crippen MR) is 82.8 cm³/mol. The van der Waals surface area contributed by atoms with E-state index in [0.717, 1.165) is 31.2 Å². The number of nitrogens with one attached hydrogen (secondary N) is 1. The third kappa shape index (κ3) is 5.65. The van der Waals surface area contributed by atoms with Gasteiger partial charge in [-0.3, -0.25) is 0 Å². The molecule has 2 unspecified atom stereocenters. The molecule has 0 spiro atoms. The second-order valence-corrected chi connectivity index (χ2v) is 5.40. The maximum absolute atomic E-state index is 5.21. The summed E-state index contributed by atoms with van der Waals surface area (Å²) < 4.78 is 5.21. The minimum atomic E-state index is 0.713. The number of rotatable bonds is 9. The first-order valence-corrected chi connectivity index (χ1v) is 7.54. The lowest BCUT2D eigenvalue weighted by Crippen LogP contribution is -2.29. The lowest BCUT2D eigenvalue weighted by molar-refractivity contribution is 0.329. The molecule has 108 valence electrons. The van der Waals surface area contributed by atoms with Crippen LogP contribution in [0, 0.1) is 11.8 Å². The van der Waals surface area contributed by atoms with Gasteiger partial charge in [0.05, 0.1) is 7.11 Å². The lowest BCUT2D eigenvalue weighted by atomic mass is 9.86. The first-order valence-electron chi connectivity index (χ1n) is 7.54. The maximum atomic E-state index is 5.21. The maximum Gasteiger partial charge on any atom is 0.118 e. The fourth-order valence-corrected chi connectivity index (χ4v) is 2.34. The molecule has 0 radical (unpaired) electrons. The zero-order valence-electron chi connectivity index (χ0n) is 12.9. The first-order chi connectivity index (χ1) is 9.21. The van der Waals surface area contributed by atoms with Crippen molar-refractivity contribution in [3.63, 3.8) is 0 Å². The summed E-state index contributed by atoms with van der Waals surface area (Å²) in [6.45, 7) is 9.10. The van der Waals surface area contributed by atoms with E-state index in [1.807, 2.05) is 0 Å². The van der Waals surface area contributed by atoms with Crippen LogP contribution in [0.25, 0.3) is 0 Å². The Bertz CT molecular complexity index is 334. The monoisotopic (exact) mass is 263 g/mol. The van der Waals surface area contributed by atoms with Gasteiger partial charge < -0.3 is 10.1 Å². The Morgan fingerprint density at radius 1 is 1.16 bits per heavy atom. The Hall–Kier alpha value is -1.02. The minimum Gasteiger partial charge on any atom is -0.497 e. The summed E-state index contributed by atoms with van der Waals surface area (Å²) >= 11 is 0. The molecule has 1 rings (SSSR count). The molecule has 0 amide bonds. The highest BCUT2D eigenvalue weighted by atomic mass is 16.5. The number of hydrogen-bond donors (Lipinski definition) is 1. The third-order valence-corrected chi connectivity index (χ3v) is 3.94. The molecule has 2 atom stereocenters. The van der Waals surface area contributed by atoms with Crippen molar-refractivity contribution in [3.05, 3.63) is 29.8 Å². The van der Waals surface area contributed by atoms with Gasteiger partial charge in [-0.25, -0.2) is 0 Å². The highest BCUT2D eigenvalue weighted by Crippen LogP contribution is 2.21. The normalized spacial score (nSPS) is 14.1. The van der Waals surface area contributed by atoms with Crippen LogP contribution in [0.5, 0.6) is 5.75 Å². The van der Waals surface area contributed by atoms with Crippen LogP contribution in [-0.2, 0) is 6.42 Å². The molecule has 0 aliphatic carbocycles. The zero-order valence-corrected chi connectivity index (χ0v) is 12.9. The molecule has 0 bridgehead atoms. The molecule has 0 fully saturated rings. The molecule has 0 aromatic heterocycles. The van der Waals surface area contributed by atoms with Gasteiger partial charge in [-0.15, -0.1) is 0 Å². The molecule has 2 heteroatoms. The van der Waals surface area contributed by atoms with Crippen LogP contribution in [-0.4, -0.2) is 20.2 Å². The topological polar surface area (TPSA) is 21.3 Å². The average Bonchev–Trinajstić information content (AvgIpc) is 2.46. The molecule has 1 N–H and O–H groups in total. The summed E-state index contributed by atoms with van der Waals surface area (Å²) in [4.78, 5) is 0. The molecule has 2 nitrogen and oxygen atoms in total. The van der Waals surface area contributed by atoms with Crippen LogP contribution in [0.3, 0.4) is 0 Å². The van der Waals surface area contributed by atoms with E-state index >= 15 is 0 Å². The van der Waals surface area contributed by atoms with Crippen molar-refractivity contribution < 1.29 is 4.74 Å². The van der Waals surface area contributed by atoms with E-state index in [1.54, 1.807) is 7.11 Å². The van der Waals surface area contributed by atoms with Gasteiger partial charge in [0, 0.05) is 0 Å². The molecule has 0 aliphatic rings. The van der Waals surface area contributed by atoms with E-state index in [0.29, 0.717) is 5.92 Å². The minimum absolute atomic E-state index is 0.713. The fourth-order valence-electron chi connectivity index (χ4n) is 2.34. The van der Waals surface area contributed by atoms with Crippen molar-refractivity contribution in [3.8, 4) is 5.75 Å². The quantitative estimate of drug-likeness (QED) is 0.682. The summed E-state index contributed by atoms with van der Waals surface area (Å²) in [6, 6.07) is 8.49. The Balaban J connectivity index is 2.58. The predicted octanol–water partition coefficient (Wildman–Crippen LogP) is 3.90. The Labute approximate surface area is 118 Å². The van der Waals surface area contributed by atoms with Gasteiger partial charge in [0.2, 0.25) is 0 Å². The summed E-state index contributed by atoms with van der Waals surface area (Å²) in [5.74, 6) is 2.41. The Morgan fingerprint density at radius 3 is 2.37 bits per heavy atom. The van der Waals surface area contributed by atoms with E-state index in [4.69, 9.17) is 4.74 Å². The van der Waals surface area contributed by atoms with Gasteiger partial charge in [-0.1, -0.05) is 39.3 Å². The lowest BCUT2D eigenvalue weighted by Gasteiger charge is -2.23. The van der Waals surface area contributed by atoms with E-state index in [9.17, 15) is 0 Å². The second kappa shape index (κ2) is 8.98. The molecular weight excluding hydrogens is 234 g/mol. The zero-order chi connectivity index (χ0) is 14.1. The van der Waals surface area contributed by atoms with Gasteiger partial charge in [0.1, 0.15) is 5.75 Å². The molecule has 0 aliphatic heterocycles. The van der Waals surface area contributed by atoms with E-state index < -0.39 is 0 Å². The number of methoxy groups -OCH3 is 1. The molecule has 0 heterocycles. The van der Waals surface area contributed by atoms with Crippen LogP contribution >= 0.6 is 0 Å². The smallest absolute Gasteiger partial charge is 0.118 e. The largest absolute Gasteiger partial charge is 0.497 e. The van der Waals surface area contributed by atoms with E-state index in [1.165, 1.54) is 18.4 Å². The fraction of sp³-hybridized carbons (Fsp3) is 0.647. The van der Waals surface area contributed by atoms with E-state index in [-0.39, 0.29) is 0 Å². The van der Waals surface area contributed by atoms with Crippen LogP contribution in [0.15, 0.2) is 24.3 Å². The van der Waals surface area contributed by atoms with Gasteiger partial charge in [0.15, 0.2) is 0 Å². The summed E-state index contributed by atoms with van der Waals surface area (Å²) in [6.07, 6.45) is 3.60. The molecule has 1 aromatic rings. The highest BCUT2D eigenvalue weighted by molar-refractivity contribution is 5.27. The van der Waals surface area contributed by atoms with Crippen molar-refractivity contribution in [2.45, 2.75) is 40.0 Å². The van der Waals surface area contributed by atoms with Crippen molar-refractivity contribution in [1.29, 1.82) is 0 Å². The summed E-state index contributed by atoms with van der Waals surface area (Å²) in [7, 11) is 1.71. The number of ether oxygens (including phenoxy) is 1. The Kier molecular flexibility index (Phi) is 7.57. The van der Waals surface area contributed by atoms with Gasteiger partial charge in [-0.05, 0) is 55.5 Å². The third-order valence-electron chi connectivity index (χ3n) is 3.94. The molecule has 0 saturated carbocycles. The number of hydrogen-bond acceptors (Lipinski definition) is 2. The van der Waals surface area contributed by atoms with Crippen molar-refractivity contribution in [1.82, 2.24) is 5.32 Å². The summed E-state index contributed by atoms with van der Waals surface area (Å²) in [5.41, 5.74) is 1.41. The van der Waals surface area contributed by atoms with Crippen molar-refractivity contribution in [2.24, 2.45) is 11.8 Å². The summed E-state index contributed by atoms with van der Waals surface area (Å²) in [5, 5.41) is 3.57. The molecule has 1 aromatic carbocycles. The van der Waals surface area contributed by atoms with Gasteiger partial charge in [0.25, 0.3) is 0 Å². The van der Waals surface area contributed by atoms with Crippen LogP contribution < -0.4 is 10.1 Å². The van der Waals surface area contributed by atoms with Gasteiger partial charge in [-0.2, -0.15) is 0 Å². The standard InChI is InChI=1S/C17H29NO/c1-5-11-18-13-16(14(3)6-2)12-15-7-9-17(19-4)10-8-15/h7-10,14,16,18H,5-6,11-13H2,1-4H3. The van der Waals surface area contributed by atoms with Crippen LogP contribution in [0.2, 0.25) is 0 Å². The molecule has 0 saturated heterocycles. The number of benzene rings is 1. The first kappa shape index (κ1) is 16.0. The average molecular weight is 263 g/mol. The van der Waals surface area contributed by atoms with Crippen LogP contribution in [0.1, 0.15) is 39.2 Å².